The van der Waals surface area contributed by atoms with Crippen LogP contribution in [0.4, 0.5) is 5.69 Å². The second kappa shape index (κ2) is 4.53. The van der Waals surface area contributed by atoms with Crippen molar-refractivity contribution in [2.45, 2.75) is 5.75 Å². The molecule has 3 nitrogen and oxygen atoms in total. The maximum Gasteiger partial charge on any atom is 0.0489 e. The van der Waals surface area contributed by atoms with Crippen LogP contribution in [-0.2, 0) is 16.6 Å². The molecule has 0 amide bonds. The average molecular weight is 234 g/mol. The predicted octanol–water partition coefficient (Wildman–Crippen LogP) is 2.14. The number of benzene rings is 1. The third kappa shape index (κ3) is 2.33. The van der Waals surface area contributed by atoms with E-state index < -0.39 is 10.8 Å². The van der Waals surface area contributed by atoms with E-state index in [9.17, 15) is 4.21 Å². The van der Waals surface area contributed by atoms with Gasteiger partial charge in [-0.05, 0) is 34.9 Å². The Kier molecular flexibility index (Phi) is 3.10. The highest BCUT2D eigenvalue weighted by atomic mass is 32.2. The van der Waals surface area contributed by atoms with Gasteiger partial charge in [-0.25, -0.2) is 0 Å². The van der Waals surface area contributed by atoms with Crippen LogP contribution in [0, 0.1) is 0 Å². The van der Waals surface area contributed by atoms with E-state index in [1.165, 1.54) is 0 Å². The summed E-state index contributed by atoms with van der Waals surface area (Å²) in [5.74, 6) is 0.533. The fourth-order valence-corrected chi connectivity index (χ4v) is 2.40. The standard InChI is InChI=1S/C12H14N2OS/c1-16(15)8-10-6-11(13)2-3-12(10)9-4-5-14-7-9/h2-7,14H,8,13H2,1H3. The minimum absolute atomic E-state index is 0.533. The summed E-state index contributed by atoms with van der Waals surface area (Å²) in [7, 11) is -0.862. The lowest BCUT2D eigenvalue weighted by molar-refractivity contribution is 0.686. The zero-order chi connectivity index (χ0) is 11.5. The number of H-pyrrole nitrogens is 1. The van der Waals surface area contributed by atoms with Crippen molar-refractivity contribution in [2.24, 2.45) is 0 Å². The average Bonchev–Trinajstić information content (AvgIpc) is 2.69. The number of rotatable bonds is 3. The first-order valence-corrected chi connectivity index (χ1v) is 6.71. The molecule has 3 N–H and O–H groups in total. The SMILES string of the molecule is CS(=O)Cc1cc(N)ccc1-c1cc[nH]c1. The number of hydrogen-bond acceptors (Lipinski definition) is 2. The largest absolute Gasteiger partial charge is 0.399 e. The van der Waals surface area contributed by atoms with Gasteiger partial charge in [0, 0.05) is 40.9 Å². The first-order chi connectivity index (χ1) is 7.66. The lowest BCUT2D eigenvalue weighted by Gasteiger charge is -2.08. The number of nitrogen functional groups attached to an aromatic ring is 1. The zero-order valence-electron chi connectivity index (χ0n) is 9.07. The van der Waals surface area contributed by atoms with Crippen LogP contribution in [0.2, 0.25) is 0 Å². The summed E-state index contributed by atoms with van der Waals surface area (Å²) in [5.41, 5.74) is 9.67. The third-order valence-corrected chi connectivity index (χ3v) is 3.11. The molecule has 2 rings (SSSR count). The number of hydrogen-bond donors (Lipinski definition) is 2. The van der Waals surface area contributed by atoms with Crippen molar-refractivity contribution in [1.82, 2.24) is 4.98 Å². The van der Waals surface area contributed by atoms with Crippen LogP contribution in [0.25, 0.3) is 11.1 Å². The van der Waals surface area contributed by atoms with Crippen molar-refractivity contribution < 1.29 is 4.21 Å². The Morgan fingerprint density at radius 3 is 2.81 bits per heavy atom. The van der Waals surface area contributed by atoms with Crippen LogP contribution in [0.3, 0.4) is 0 Å². The summed E-state index contributed by atoms with van der Waals surface area (Å²) in [6.07, 6.45) is 5.50. The highest BCUT2D eigenvalue weighted by Gasteiger charge is 2.07. The van der Waals surface area contributed by atoms with Gasteiger partial charge in [0.25, 0.3) is 0 Å². The van der Waals surface area contributed by atoms with Gasteiger partial charge in [0.05, 0.1) is 0 Å². The molecule has 1 aromatic carbocycles. The van der Waals surface area contributed by atoms with Gasteiger partial charge in [0.15, 0.2) is 0 Å². The number of aromatic nitrogens is 1. The van der Waals surface area contributed by atoms with Gasteiger partial charge < -0.3 is 10.7 Å². The van der Waals surface area contributed by atoms with Crippen molar-refractivity contribution in [3.63, 3.8) is 0 Å². The highest BCUT2D eigenvalue weighted by Crippen LogP contribution is 2.26. The molecule has 0 aliphatic rings. The zero-order valence-corrected chi connectivity index (χ0v) is 9.88. The molecule has 84 valence electrons. The number of aromatic amines is 1. The summed E-state index contributed by atoms with van der Waals surface area (Å²) >= 11 is 0. The summed E-state index contributed by atoms with van der Waals surface area (Å²) in [4.78, 5) is 3.02. The van der Waals surface area contributed by atoms with Crippen molar-refractivity contribution in [2.75, 3.05) is 12.0 Å². The summed E-state index contributed by atoms with van der Waals surface area (Å²) in [5, 5.41) is 0. The van der Waals surface area contributed by atoms with E-state index in [-0.39, 0.29) is 0 Å². The van der Waals surface area contributed by atoms with Crippen LogP contribution in [0.15, 0.2) is 36.7 Å². The summed E-state index contributed by atoms with van der Waals surface area (Å²) in [6, 6.07) is 7.72. The van der Waals surface area contributed by atoms with E-state index in [0.717, 1.165) is 16.7 Å². The minimum atomic E-state index is -0.862. The Bertz CT molecular complexity index is 506. The molecular formula is C12H14N2OS. The molecule has 0 radical (unpaired) electrons. The Hall–Kier alpha value is -1.55. The lowest BCUT2D eigenvalue weighted by atomic mass is 10.0. The molecule has 0 saturated carbocycles. The quantitative estimate of drug-likeness (QED) is 0.799. The van der Waals surface area contributed by atoms with Gasteiger partial charge >= 0.3 is 0 Å². The fourth-order valence-electron chi connectivity index (χ4n) is 1.73. The Labute approximate surface area is 97.1 Å². The second-order valence-electron chi connectivity index (χ2n) is 3.73. The fraction of sp³-hybridized carbons (Fsp3) is 0.167. The molecule has 1 unspecified atom stereocenters. The van der Waals surface area contributed by atoms with Gasteiger partial charge in [0.2, 0.25) is 0 Å². The van der Waals surface area contributed by atoms with Gasteiger partial charge in [-0.1, -0.05) is 6.07 Å². The van der Waals surface area contributed by atoms with Crippen LogP contribution in [0.1, 0.15) is 5.56 Å². The van der Waals surface area contributed by atoms with Crippen LogP contribution >= 0.6 is 0 Å². The Morgan fingerprint density at radius 1 is 1.38 bits per heavy atom. The summed E-state index contributed by atoms with van der Waals surface area (Å²) < 4.78 is 11.3. The lowest BCUT2D eigenvalue weighted by Crippen LogP contribution is -1.97. The molecule has 0 bridgehead atoms. The molecule has 0 spiro atoms. The number of anilines is 1. The van der Waals surface area contributed by atoms with Crippen LogP contribution in [0.5, 0.6) is 0 Å². The van der Waals surface area contributed by atoms with Gasteiger partial charge in [-0.3, -0.25) is 4.21 Å². The molecule has 1 atom stereocenters. The van der Waals surface area contributed by atoms with E-state index in [2.05, 4.69) is 4.98 Å². The topological polar surface area (TPSA) is 58.9 Å². The first kappa shape index (κ1) is 11.0. The first-order valence-electron chi connectivity index (χ1n) is 4.98. The van der Waals surface area contributed by atoms with E-state index >= 15 is 0 Å². The molecule has 0 aliphatic heterocycles. The van der Waals surface area contributed by atoms with Crippen LogP contribution < -0.4 is 5.73 Å². The van der Waals surface area contributed by atoms with E-state index in [1.807, 2.05) is 36.7 Å². The molecule has 0 fully saturated rings. The smallest absolute Gasteiger partial charge is 0.0489 e. The maximum absolute atomic E-state index is 11.3. The number of nitrogens with one attached hydrogen (secondary N) is 1. The van der Waals surface area contributed by atoms with E-state index in [0.29, 0.717) is 11.4 Å². The third-order valence-electron chi connectivity index (χ3n) is 2.40. The monoisotopic (exact) mass is 234 g/mol. The highest BCUT2D eigenvalue weighted by molar-refractivity contribution is 7.83. The van der Waals surface area contributed by atoms with Gasteiger partial charge in [-0.15, -0.1) is 0 Å². The van der Waals surface area contributed by atoms with Crippen molar-refractivity contribution in [3.05, 3.63) is 42.2 Å². The molecule has 16 heavy (non-hydrogen) atoms. The molecule has 2 aromatic rings. The molecule has 1 aromatic heterocycles. The van der Waals surface area contributed by atoms with Crippen molar-refractivity contribution in [1.29, 1.82) is 0 Å². The predicted molar refractivity (Wildman–Crippen MR) is 68.4 cm³/mol. The van der Waals surface area contributed by atoms with Crippen molar-refractivity contribution >= 4 is 16.5 Å². The second-order valence-corrected chi connectivity index (χ2v) is 5.17. The van der Waals surface area contributed by atoms with Gasteiger partial charge in [0.1, 0.15) is 0 Å². The minimum Gasteiger partial charge on any atom is -0.399 e. The number of nitrogens with two attached hydrogens (primary N) is 1. The molecule has 1 heterocycles. The van der Waals surface area contributed by atoms with Crippen LogP contribution in [-0.4, -0.2) is 15.4 Å². The van der Waals surface area contributed by atoms with Gasteiger partial charge in [-0.2, -0.15) is 0 Å². The molecule has 0 aliphatic carbocycles. The normalized spacial score (nSPS) is 12.6. The Balaban J connectivity index is 2.48. The molecule has 4 heteroatoms. The Morgan fingerprint density at radius 2 is 2.19 bits per heavy atom. The van der Waals surface area contributed by atoms with Crippen molar-refractivity contribution in [3.8, 4) is 11.1 Å². The molecular weight excluding hydrogens is 220 g/mol. The maximum atomic E-state index is 11.3. The van der Waals surface area contributed by atoms with E-state index in [4.69, 9.17) is 5.73 Å². The van der Waals surface area contributed by atoms with E-state index in [1.54, 1.807) is 6.26 Å². The summed E-state index contributed by atoms with van der Waals surface area (Å²) in [6.45, 7) is 0. The molecule has 0 saturated heterocycles.